The summed E-state index contributed by atoms with van der Waals surface area (Å²) >= 11 is 0.975. The highest BCUT2D eigenvalue weighted by atomic mass is 32.2. The van der Waals surface area contributed by atoms with Crippen LogP contribution >= 0.6 is 11.8 Å². The average Bonchev–Trinajstić information content (AvgIpc) is 3.18. The van der Waals surface area contributed by atoms with Crippen molar-refractivity contribution in [3.8, 4) is 22.5 Å². The lowest BCUT2D eigenvalue weighted by Gasteiger charge is -2.30. The van der Waals surface area contributed by atoms with E-state index in [0.29, 0.717) is 4.91 Å². The number of unbranched alkanes of at least 4 members (excludes halogenated alkanes) is 1. The number of aromatic nitrogens is 2. The summed E-state index contributed by atoms with van der Waals surface area (Å²) in [5.41, 5.74) is 7.43. The summed E-state index contributed by atoms with van der Waals surface area (Å²) in [4.78, 5) is 36.3. The molecule has 2 amide bonds. The molecular weight excluding hydrogens is 456 g/mol. The van der Waals surface area contributed by atoms with Gasteiger partial charge in [-0.2, -0.15) is 0 Å². The van der Waals surface area contributed by atoms with E-state index in [0.717, 1.165) is 84.6 Å². The highest BCUT2D eigenvalue weighted by Gasteiger charge is 2.25. The van der Waals surface area contributed by atoms with Gasteiger partial charge in [0.25, 0.3) is 11.1 Å². The van der Waals surface area contributed by atoms with E-state index in [1.165, 1.54) is 11.1 Å². The SMILES string of the molecule is Cc1ccc(-c2nc3c(nc2-c2ccc(C)cc2)N(CCC/C=C2/SC(=O)NC2=O)CCC3)cc1. The van der Waals surface area contributed by atoms with E-state index in [2.05, 4.69) is 72.6 Å². The molecule has 0 spiro atoms. The molecule has 0 saturated carbocycles. The maximum absolute atomic E-state index is 11.8. The number of carbonyl (C=O) groups excluding carboxylic acids is 2. The Hall–Kier alpha value is -3.45. The van der Waals surface area contributed by atoms with Gasteiger partial charge in [0.1, 0.15) is 0 Å². The number of aryl methyl sites for hydroxylation is 3. The Bertz CT molecular complexity index is 1300. The number of hydrogen-bond donors (Lipinski definition) is 1. The van der Waals surface area contributed by atoms with Crippen molar-refractivity contribution >= 4 is 28.7 Å². The molecule has 7 heteroatoms. The number of benzene rings is 2. The summed E-state index contributed by atoms with van der Waals surface area (Å²) in [6, 6.07) is 17.0. The number of amides is 2. The fraction of sp³-hybridized carbons (Fsp3) is 0.286. The van der Waals surface area contributed by atoms with Crippen LogP contribution in [0.15, 0.2) is 59.5 Å². The molecule has 0 aliphatic carbocycles. The third kappa shape index (κ3) is 5.15. The van der Waals surface area contributed by atoms with Gasteiger partial charge in [-0.3, -0.25) is 14.9 Å². The van der Waals surface area contributed by atoms with Crippen molar-refractivity contribution in [3.63, 3.8) is 0 Å². The Morgan fingerprint density at radius 3 is 2.17 bits per heavy atom. The number of carbonyl (C=O) groups is 2. The van der Waals surface area contributed by atoms with Gasteiger partial charge < -0.3 is 4.90 Å². The number of nitrogens with zero attached hydrogens (tertiary/aromatic N) is 3. The van der Waals surface area contributed by atoms with Crippen molar-refractivity contribution in [2.24, 2.45) is 0 Å². The monoisotopic (exact) mass is 484 g/mol. The Labute approximate surface area is 209 Å². The number of fused-ring (bicyclic) bond motifs is 1. The van der Waals surface area contributed by atoms with Gasteiger partial charge in [0, 0.05) is 24.2 Å². The lowest BCUT2D eigenvalue weighted by Crippen LogP contribution is -2.32. The largest absolute Gasteiger partial charge is 0.355 e. The van der Waals surface area contributed by atoms with Crippen molar-refractivity contribution in [3.05, 3.63) is 76.3 Å². The van der Waals surface area contributed by atoms with Crippen molar-refractivity contribution in [1.82, 2.24) is 15.3 Å². The van der Waals surface area contributed by atoms with Crippen molar-refractivity contribution in [2.75, 3.05) is 18.0 Å². The number of imide groups is 1. The van der Waals surface area contributed by atoms with Crippen LogP contribution < -0.4 is 10.2 Å². The average molecular weight is 485 g/mol. The molecule has 2 aliphatic rings. The van der Waals surface area contributed by atoms with E-state index >= 15 is 0 Å². The molecule has 5 rings (SSSR count). The summed E-state index contributed by atoms with van der Waals surface area (Å²) < 4.78 is 0. The third-order valence-electron chi connectivity index (χ3n) is 6.34. The third-order valence-corrected chi connectivity index (χ3v) is 7.20. The number of nitrogens with one attached hydrogen (secondary N) is 1. The van der Waals surface area contributed by atoms with Crippen LogP contribution in [0.3, 0.4) is 0 Å². The minimum absolute atomic E-state index is 0.291. The first-order valence-corrected chi connectivity index (χ1v) is 12.8. The van der Waals surface area contributed by atoms with Crippen LogP contribution in [-0.2, 0) is 11.2 Å². The minimum atomic E-state index is -0.297. The smallest absolute Gasteiger partial charge is 0.290 e. The molecule has 0 atom stereocenters. The first kappa shape index (κ1) is 23.3. The molecular formula is C28H28N4O2S. The first-order valence-electron chi connectivity index (χ1n) is 12.0. The second-order valence-electron chi connectivity index (χ2n) is 9.07. The molecule has 35 heavy (non-hydrogen) atoms. The quantitative estimate of drug-likeness (QED) is 0.351. The second-order valence-corrected chi connectivity index (χ2v) is 10.1. The van der Waals surface area contributed by atoms with Gasteiger partial charge in [-0.1, -0.05) is 65.7 Å². The van der Waals surface area contributed by atoms with Gasteiger partial charge in [-0.25, -0.2) is 9.97 Å². The number of hydrogen-bond acceptors (Lipinski definition) is 6. The van der Waals surface area contributed by atoms with Gasteiger partial charge in [0.2, 0.25) is 0 Å². The molecule has 3 heterocycles. The lowest BCUT2D eigenvalue weighted by atomic mass is 10.0. The van der Waals surface area contributed by atoms with Gasteiger partial charge in [-0.15, -0.1) is 0 Å². The van der Waals surface area contributed by atoms with E-state index in [-0.39, 0.29) is 11.1 Å². The van der Waals surface area contributed by atoms with Crippen LogP contribution in [0.4, 0.5) is 10.6 Å². The van der Waals surface area contributed by atoms with Gasteiger partial charge >= 0.3 is 0 Å². The van der Waals surface area contributed by atoms with Crippen molar-refractivity contribution < 1.29 is 9.59 Å². The molecule has 3 aromatic rings. The Balaban J connectivity index is 1.44. The zero-order chi connectivity index (χ0) is 24.4. The zero-order valence-corrected chi connectivity index (χ0v) is 20.8. The number of allylic oxidation sites excluding steroid dienone is 1. The molecule has 1 aromatic heterocycles. The van der Waals surface area contributed by atoms with E-state index in [1.807, 2.05) is 6.08 Å². The van der Waals surface area contributed by atoms with Crippen LogP contribution in [-0.4, -0.2) is 34.2 Å². The normalized spacial score (nSPS) is 16.5. The van der Waals surface area contributed by atoms with Gasteiger partial charge in [-0.05, 0) is 51.3 Å². The van der Waals surface area contributed by atoms with Crippen LogP contribution in [0, 0.1) is 13.8 Å². The molecule has 178 valence electrons. The summed E-state index contributed by atoms with van der Waals surface area (Å²) in [5.74, 6) is 0.666. The highest BCUT2D eigenvalue weighted by Crippen LogP contribution is 2.35. The fourth-order valence-electron chi connectivity index (χ4n) is 4.44. The second kappa shape index (κ2) is 10.0. The summed E-state index contributed by atoms with van der Waals surface area (Å²) in [7, 11) is 0. The predicted octanol–water partition coefficient (Wildman–Crippen LogP) is 5.83. The maximum Gasteiger partial charge on any atom is 0.290 e. The predicted molar refractivity (Wildman–Crippen MR) is 141 cm³/mol. The number of rotatable bonds is 6. The molecule has 0 bridgehead atoms. The molecule has 6 nitrogen and oxygen atoms in total. The standard InChI is InChI=1S/C28H28N4O2S/c1-18-8-12-20(13-9-18)24-25(21-14-10-19(2)11-15-21)30-26-22(29-24)6-5-17-32(26)16-4-3-7-23-27(33)31-28(34)35-23/h7-15H,3-6,16-17H2,1-2H3,(H,31,33,34)/b23-7+. The van der Waals surface area contributed by atoms with E-state index < -0.39 is 0 Å². The number of anilines is 1. The van der Waals surface area contributed by atoms with Crippen LogP contribution in [0.1, 0.15) is 36.1 Å². The molecule has 2 aliphatic heterocycles. The Morgan fingerprint density at radius 2 is 1.57 bits per heavy atom. The molecule has 0 unspecified atom stereocenters. The van der Waals surface area contributed by atoms with E-state index in [4.69, 9.17) is 9.97 Å². The summed E-state index contributed by atoms with van der Waals surface area (Å²) in [6.45, 7) is 5.93. The van der Waals surface area contributed by atoms with Crippen molar-refractivity contribution in [2.45, 2.75) is 39.5 Å². The van der Waals surface area contributed by atoms with Crippen LogP contribution in [0.2, 0.25) is 0 Å². The Kier molecular flexibility index (Phi) is 6.68. The first-order chi connectivity index (χ1) is 17.0. The number of thioether (sulfide) groups is 1. The molecule has 1 saturated heterocycles. The highest BCUT2D eigenvalue weighted by molar-refractivity contribution is 8.18. The molecule has 0 radical (unpaired) electrons. The minimum Gasteiger partial charge on any atom is -0.355 e. The summed E-state index contributed by atoms with van der Waals surface area (Å²) in [6.07, 6.45) is 5.40. The lowest BCUT2D eigenvalue weighted by molar-refractivity contribution is -0.115. The Morgan fingerprint density at radius 1 is 0.943 bits per heavy atom. The van der Waals surface area contributed by atoms with Crippen LogP contribution in [0.5, 0.6) is 0 Å². The maximum atomic E-state index is 11.8. The molecule has 1 N–H and O–H groups in total. The van der Waals surface area contributed by atoms with Gasteiger partial charge in [0.05, 0.1) is 22.0 Å². The fourth-order valence-corrected chi connectivity index (χ4v) is 5.13. The molecule has 1 fully saturated rings. The molecule has 2 aromatic carbocycles. The van der Waals surface area contributed by atoms with Crippen LogP contribution in [0.25, 0.3) is 22.5 Å². The van der Waals surface area contributed by atoms with Crippen molar-refractivity contribution in [1.29, 1.82) is 0 Å². The topological polar surface area (TPSA) is 75.2 Å². The summed E-state index contributed by atoms with van der Waals surface area (Å²) in [5, 5.41) is 2.01. The van der Waals surface area contributed by atoms with E-state index in [1.54, 1.807) is 0 Å². The zero-order valence-electron chi connectivity index (χ0n) is 20.0. The van der Waals surface area contributed by atoms with E-state index in [9.17, 15) is 9.59 Å². The van der Waals surface area contributed by atoms with Gasteiger partial charge in [0.15, 0.2) is 5.82 Å².